The summed E-state index contributed by atoms with van der Waals surface area (Å²) >= 11 is 0. The average Bonchev–Trinajstić information content (AvgIpc) is 2.54. The molecule has 7 nitrogen and oxygen atoms in total. The molecule has 24 heavy (non-hydrogen) atoms. The Morgan fingerprint density at radius 1 is 1.08 bits per heavy atom. The number of nitrogens with one attached hydrogen (secondary N) is 1. The Morgan fingerprint density at radius 3 is 2.21 bits per heavy atom. The van der Waals surface area contributed by atoms with Gasteiger partial charge in [-0.2, -0.15) is 18.2 Å². The molecule has 0 unspecified atom stereocenters. The van der Waals surface area contributed by atoms with E-state index in [1.165, 1.54) is 14.2 Å². The lowest BCUT2D eigenvalue weighted by molar-refractivity contribution is -0.137. The van der Waals surface area contributed by atoms with Crippen LogP contribution in [0.3, 0.4) is 0 Å². The van der Waals surface area contributed by atoms with Gasteiger partial charge >= 0.3 is 12.2 Å². The quantitative estimate of drug-likeness (QED) is 0.877. The van der Waals surface area contributed by atoms with Crippen LogP contribution >= 0.6 is 0 Å². The van der Waals surface area contributed by atoms with Crippen LogP contribution in [-0.4, -0.2) is 32.6 Å². The van der Waals surface area contributed by atoms with E-state index in [1.807, 2.05) is 0 Å². The van der Waals surface area contributed by atoms with Gasteiger partial charge in [0, 0.05) is 0 Å². The maximum absolute atomic E-state index is 12.5. The van der Waals surface area contributed by atoms with Crippen molar-refractivity contribution >= 4 is 15.7 Å². The van der Waals surface area contributed by atoms with Crippen molar-refractivity contribution in [3.05, 3.63) is 36.0 Å². The standard InChI is InChI=1S/C13H12F3N3O4S/c1-22-11-10(7-17-12(18-11)23-2)19-24(20,21)9-5-3-8(4-6-9)13(14,15)16/h3-7,19H,1-2H3. The van der Waals surface area contributed by atoms with Crippen molar-refractivity contribution in [1.82, 2.24) is 9.97 Å². The van der Waals surface area contributed by atoms with Gasteiger partial charge in [-0.25, -0.2) is 13.4 Å². The number of methoxy groups -OCH3 is 2. The van der Waals surface area contributed by atoms with Gasteiger partial charge < -0.3 is 9.47 Å². The molecule has 1 aromatic heterocycles. The lowest BCUT2D eigenvalue weighted by Crippen LogP contribution is -2.15. The van der Waals surface area contributed by atoms with E-state index in [0.717, 1.165) is 18.3 Å². The van der Waals surface area contributed by atoms with Crippen LogP contribution in [0.2, 0.25) is 0 Å². The number of hydrogen-bond acceptors (Lipinski definition) is 6. The van der Waals surface area contributed by atoms with Crippen molar-refractivity contribution in [1.29, 1.82) is 0 Å². The lowest BCUT2D eigenvalue weighted by atomic mass is 10.2. The smallest absolute Gasteiger partial charge is 0.416 e. The van der Waals surface area contributed by atoms with Crippen molar-refractivity contribution < 1.29 is 31.1 Å². The molecule has 2 rings (SSSR count). The van der Waals surface area contributed by atoms with E-state index in [2.05, 4.69) is 14.7 Å². The molecule has 0 amide bonds. The molecule has 0 bridgehead atoms. The summed E-state index contributed by atoms with van der Waals surface area (Å²) in [6.45, 7) is 0. The predicted molar refractivity (Wildman–Crippen MR) is 77.4 cm³/mol. The van der Waals surface area contributed by atoms with Gasteiger partial charge in [-0.15, -0.1) is 0 Å². The highest BCUT2D eigenvalue weighted by Gasteiger charge is 2.30. The molecule has 0 saturated heterocycles. The number of ether oxygens (including phenoxy) is 2. The van der Waals surface area contributed by atoms with Crippen LogP contribution < -0.4 is 14.2 Å². The van der Waals surface area contributed by atoms with E-state index in [4.69, 9.17) is 9.47 Å². The zero-order valence-corrected chi connectivity index (χ0v) is 13.3. The van der Waals surface area contributed by atoms with Gasteiger partial charge in [0.05, 0.1) is 30.9 Å². The number of rotatable bonds is 5. The zero-order chi connectivity index (χ0) is 18.0. The summed E-state index contributed by atoms with van der Waals surface area (Å²) in [5, 5.41) is 0. The second-order valence-electron chi connectivity index (χ2n) is 4.41. The molecule has 1 aromatic carbocycles. The molecule has 0 aliphatic heterocycles. The summed E-state index contributed by atoms with van der Waals surface area (Å²) in [7, 11) is -1.56. The first-order chi connectivity index (χ1) is 11.2. The monoisotopic (exact) mass is 363 g/mol. The average molecular weight is 363 g/mol. The SMILES string of the molecule is COc1ncc(NS(=O)(=O)c2ccc(C(F)(F)F)cc2)c(OC)n1. The Bertz CT molecular complexity index is 823. The van der Waals surface area contributed by atoms with Crippen molar-refractivity contribution in [2.45, 2.75) is 11.1 Å². The Balaban J connectivity index is 2.32. The Labute approximate surface area is 135 Å². The van der Waals surface area contributed by atoms with Gasteiger partial charge in [0.15, 0.2) is 0 Å². The predicted octanol–water partition coefficient (Wildman–Crippen LogP) is 2.31. The minimum absolute atomic E-state index is 0.0377. The van der Waals surface area contributed by atoms with Crippen LogP contribution in [0.1, 0.15) is 5.56 Å². The highest BCUT2D eigenvalue weighted by atomic mass is 32.2. The van der Waals surface area contributed by atoms with Crippen molar-refractivity contribution in [3.63, 3.8) is 0 Å². The maximum Gasteiger partial charge on any atom is 0.416 e. The van der Waals surface area contributed by atoms with E-state index >= 15 is 0 Å². The number of halogens is 3. The van der Waals surface area contributed by atoms with Crippen LogP contribution in [0.4, 0.5) is 18.9 Å². The third-order valence-electron chi connectivity index (χ3n) is 2.84. The highest BCUT2D eigenvalue weighted by Crippen LogP contribution is 2.30. The maximum atomic E-state index is 12.5. The number of alkyl halides is 3. The van der Waals surface area contributed by atoms with Crippen LogP contribution in [0.5, 0.6) is 11.9 Å². The van der Waals surface area contributed by atoms with Gasteiger partial charge in [-0.1, -0.05) is 0 Å². The minimum Gasteiger partial charge on any atom is -0.479 e. The molecule has 130 valence electrons. The molecular formula is C13H12F3N3O4S. The fourth-order valence-electron chi connectivity index (χ4n) is 1.70. The first-order valence-corrected chi connectivity index (χ1v) is 7.81. The third-order valence-corrected chi connectivity index (χ3v) is 4.23. The molecule has 1 heterocycles. The largest absolute Gasteiger partial charge is 0.479 e. The fraction of sp³-hybridized carbons (Fsp3) is 0.231. The molecule has 0 atom stereocenters. The third kappa shape index (κ3) is 3.85. The number of benzene rings is 1. The van der Waals surface area contributed by atoms with Gasteiger partial charge in [-0.05, 0) is 24.3 Å². The first-order valence-electron chi connectivity index (χ1n) is 6.32. The molecule has 11 heteroatoms. The van der Waals surface area contributed by atoms with Crippen LogP contribution in [0, 0.1) is 0 Å². The van der Waals surface area contributed by atoms with E-state index in [0.29, 0.717) is 12.1 Å². The van der Waals surface area contributed by atoms with E-state index in [9.17, 15) is 21.6 Å². The number of anilines is 1. The Kier molecular flexibility index (Phi) is 4.83. The molecule has 0 spiro atoms. The summed E-state index contributed by atoms with van der Waals surface area (Å²) in [6.07, 6.45) is -3.44. The van der Waals surface area contributed by atoms with Crippen LogP contribution in [0.25, 0.3) is 0 Å². The Morgan fingerprint density at radius 2 is 1.71 bits per heavy atom. The van der Waals surface area contributed by atoms with Crippen molar-refractivity contribution in [2.24, 2.45) is 0 Å². The zero-order valence-electron chi connectivity index (χ0n) is 12.5. The molecule has 0 aliphatic rings. The van der Waals surface area contributed by atoms with Gasteiger partial charge in [-0.3, -0.25) is 4.72 Å². The molecule has 1 N–H and O–H groups in total. The number of hydrogen-bond donors (Lipinski definition) is 1. The summed E-state index contributed by atoms with van der Waals surface area (Å²) in [5.41, 5.74) is -1.04. The van der Waals surface area contributed by atoms with Gasteiger partial charge in [0.2, 0.25) is 5.88 Å². The van der Waals surface area contributed by atoms with Gasteiger partial charge in [0.25, 0.3) is 10.0 Å². The molecular weight excluding hydrogens is 351 g/mol. The summed E-state index contributed by atoms with van der Waals surface area (Å²) in [6, 6.07) is 3.01. The second kappa shape index (κ2) is 6.51. The van der Waals surface area contributed by atoms with Crippen LogP contribution in [0.15, 0.2) is 35.4 Å². The van der Waals surface area contributed by atoms with E-state index < -0.39 is 21.8 Å². The number of nitrogens with zero attached hydrogens (tertiary/aromatic N) is 2. The molecule has 0 fully saturated rings. The first kappa shape index (κ1) is 17.8. The van der Waals surface area contributed by atoms with Gasteiger partial charge in [0.1, 0.15) is 5.69 Å². The van der Waals surface area contributed by atoms with E-state index in [-0.39, 0.29) is 22.5 Å². The normalized spacial score (nSPS) is 11.9. The fourth-order valence-corrected chi connectivity index (χ4v) is 2.74. The minimum atomic E-state index is -4.55. The molecule has 0 saturated carbocycles. The summed E-state index contributed by atoms with van der Waals surface area (Å²) in [4.78, 5) is 7.19. The Hall–Kier alpha value is -2.56. The van der Waals surface area contributed by atoms with E-state index in [1.54, 1.807) is 0 Å². The summed E-state index contributed by atoms with van der Waals surface area (Å²) in [5.74, 6) is -0.0997. The molecule has 0 aliphatic carbocycles. The lowest BCUT2D eigenvalue weighted by Gasteiger charge is -2.12. The highest BCUT2D eigenvalue weighted by molar-refractivity contribution is 7.92. The summed E-state index contributed by atoms with van der Waals surface area (Å²) < 4.78 is 73.9. The van der Waals surface area contributed by atoms with Crippen LogP contribution in [-0.2, 0) is 16.2 Å². The van der Waals surface area contributed by atoms with Crippen molar-refractivity contribution in [3.8, 4) is 11.9 Å². The topological polar surface area (TPSA) is 90.4 Å². The van der Waals surface area contributed by atoms with Crippen molar-refractivity contribution in [2.75, 3.05) is 18.9 Å². The number of sulfonamides is 1. The second-order valence-corrected chi connectivity index (χ2v) is 6.09. The molecule has 2 aromatic rings. The molecule has 0 radical (unpaired) electrons. The number of aromatic nitrogens is 2.